The van der Waals surface area contributed by atoms with E-state index in [1.54, 1.807) is 0 Å². The molecule has 0 aliphatic heterocycles. The van der Waals surface area contributed by atoms with Gasteiger partial charge in [-0.1, -0.05) is 20.8 Å². The Balaban J connectivity index is 4.18. The highest BCUT2D eigenvalue weighted by atomic mass is 32.2. The molecule has 15 heavy (non-hydrogen) atoms. The number of carboxylic acids is 1. The number of rotatable bonds is 5. The van der Waals surface area contributed by atoms with Gasteiger partial charge in [-0.3, -0.25) is 4.79 Å². The minimum Gasteiger partial charge on any atom is -0.480 e. The molecule has 6 heteroatoms. The van der Waals surface area contributed by atoms with Gasteiger partial charge in [0.1, 0.15) is 6.04 Å². The fraction of sp³-hybridized carbons (Fsp3) is 0.778. The van der Waals surface area contributed by atoms with Crippen molar-refractivity contribution in [1.82, 2.24) is 5.32 Å². The molecule has 1 atom stereocenters. The Morgan fingerprint density at radius 3 is 2.33 bits per heavy atom. The van der Waals surface area contributed by atoms with Gasteiger partial charge in [0.25, 0.3) is 0 Å². The lowest BCUT2D eigenvalue weighted by Gasteiger charge is -2.21. The van der Waals surface area contributed by atoms with Crippen molar-refractivity contribution in [2.45, 2.75) is 31.6 Å². The zero-order chi connectivity index (χ0) is 12.1. The number of carbonyl (C=O) groups excluding carboxylic acids is 1. The van der Waals surface area contributed by atoms with Crippen molar-refractivity contribution < 1.29 is 14.7 Å². The van der Waals surface area contributed by atoms with Gasteiger partial charge in [0.05, 0.1) is 6.54 Å². The van der Waals surface area contributed by atoms with Crippen LogP contribution in [0.25, 0.3) is 0 Å². The summed E-state index contributed by atoms with van der Waals surface area (Å²) in [6, 6.07) is -0.870. The summed E-state index contributed by atoms with van der Waals surface area (Å²) in [5, 5.41) is 11.2. The van der Waals surface area contributed by atoms with E-state index in [1.165, 1.54) is 11.8 Å². The molecule has 0 saturated heterocycles. The molecule has 1 amide bonds. The Kier molecular flexibility index (Phi) is 5.67. The van der Waals surface area contributed by atoms with Crippen molar-refractivity contribution in [1.29, 1.82) is 0 Å². The van der Waals surface area contributed by atoms with Gasteiger partial charge in [-0.15, -0.1) is 0 Å². The van der Waals surface area contributed by atoms with Crippen LogP contribution in [-0.4, -0.2) is 40.1 Å². The van der Waals surface area contributed by atoms with Gasteiger partial charge in [0.2, 0.25) is 5.91 Å². The summed E-state index contributed by atoms with van der Waals surface area (Å²) in [4.78, 5) is 21.7. The molecule has 88 valence electrons. The van der Waals surface area contributed by atoms with E-state index in [1.807, 2.05) is 20.8 Å². The van der Waals surface area contributed by atoms with Crippen LogP contribution in [0.1, 0.15) is 20.8 Å². The molecule has 0 unspecified atom stereocenters. The average Bonchev–Trinajstić information content (AvgIpc) is 2.09. The highest BCUT2D eigenvalue weighted by molar-refractivity contribution is 8.00. The third kappa shape index (κ3) is 7.21. The van der Waals surface area contributed by atoms with Crippen LogP contribution in [0.3, 0.4) is 0 Å². The molecule has 0 bridgehead atoms. The van der Waals surface area contributed by atoms with Crippen LogP contribution in [0.5, 0.6) is 0 Å². The molecular formula is C9H18N2O3S. The molecule has 0 aliphatic rings. The van der Waals surface area contributed by atoms with E-state index in [2.05, 4.69) is 5.32 Å². The van der Waals surface area contributed by atoms with Crippen LogP contribution < -0.4 is 11.1 Å². The van der Waals surface area contributed by atoms with Gasteiger partial charge in [-0.25, -0.2) is 4.79 Å². The largest absolute Gasteiger partial charge is 0.480 e. The Morgan fingerprint density at radius 2 is 2.00 bits per heavy atom. The highest BCUT2D eigenvalue weighted by Gasteiger charge is 2.22. The number of aliphatic carboxylic acids is 1. The topological polar surface area (TPSA) is 92.4 Å². The second-order valence-electron chi connectivity index (χ2n) is 4.09. The second kappa shape index (κ2) is 5.97. The molecule has 0 aliphatic carbocycles. The molecule has 5 nitrogen and oxygen atoms in total. The van der Waals surface area contributed by atoms with E-state index < -0.39 is 17.9 Å². The van der Waals surface area contributed by atoms with Crippen LogP contribution in [0.4, 0.5) is 0 Å². The van der Waals surface area contributed by atoms with Crippen molar-refractivity contribution >= 4 is 23.6 Å². The summed E-state index contributed by atoms with van der Waals surface area (Å²) >= 11 is 1.49. The van der Waals surface area contributed by atoms with Crippen LogP contribution in [0.2, 0.25) is 0 Å². The predicted molar refractivity (Wildman–Crippen MR) is 60.8 cm³/mol. The monoisotopic (exact) mass is 234 g/mol. The molecular weight excluding hydrogens is 216 g/mol. The Bertz CT molecular complexity index is 238. The minimum absolute atomic E-state index is 0.0266. The SMILES string of the molecule is CC(C)(C)SC[C@@H](NC(=O)CN)C(=O)O. The number of hydrogen-bond acceptors (Lipinski definition) is 4. The first-order chi connectivity index (χ1) is 6.76. The molecule has 4 N–H and O–H groups in total. The lowest BCUT2D eigenvalue weighted by Crippen LogP contribution is -2.45. The van der Waals surface area contributed by atoms with Gasteiger partial charge in [-0.2, -0.15) is 11.8 Å². The number of nitrogens with two attached hydrogens (primary N) is 1. The van der Waals surface area contributed by atoms with E-state index >= 15 is 0 Å². The number of thioether (sulfide) groups is 1. The molecule has 0 aromatic rings. The first-order valence-electron chi connectivity index (χ1n) is 4.62. The van der Waals surface area contributed by atoms with Crippen LogP contribution in [0.15, 0.2) is 0 Å². The Hall–Kier alpha value is -0.750. The Morgan fingerprint density at radius 1 is 1.47 bits per heavy atom. The number of amides is 1. The zero-order valence-corrected chi connectivity index (χ0v) is 10.1. The van der Waals surface area contributed by atoms with Crippen molar-refractivity contribution in [3.05, 3.63) is 0 Å². The van der Waals surface area contributed by atoms with Gasteiger partial charge >= 0.3 is 5.97 Å². The molecule has 0 spiro atoms. The second-order valence-corrected chi connectivity index (χ2v) is 5.93. The van der Waals surface area contributed by atoms with Gasteiger partial charge in [-0.05, 0) is 0 Å². The summed E-state index contributed by atoms with van der Waals surface area (Å²) in [7, 11) is 0. The minimum atomic E-state index is -1.03. The van der Waals surface area contributed by atoms with E-state index in [4.69, 9.17) is 10.8 Å². The van der Waals surface area contributed by atoms with Crippen LogP contribution in [-0.2, 0) is 9.59 Å². The molecule has 0 aromatic heterocycles. The lowest BCUT2D eigenvalue weighted by molar-refractivity contribution is -0.140. The molecule has 0 fully saturated rings. The quantitative estimate of drug-likeness (QED) is 0.625. The first-order valence-corrected chi connectivity index (χ1v) is 5.61. The summed E-state index contributed by atoms with van der Waals surface area (Å²) < 4.78 is -0.0266. The van der Waals surface area contributed by atoms with Crippen LogP contribution >= 0.6 is 11.8 Å². The van der Waals surface area contributed by atoms with E-state index in [0.717, 1.165) is 0 Å². The smallest absolute Gasteiger partial charge is 0.327 e. The predicted octanol–water partition coefficient (Wildman–Crippen LogP) is 0.0462. The maximum absolute atomic E-state index is 10.9. The van der Waals surface area contributed by atoms with Crippen molar-refractivity contribution in [3.8, 4) is 0 Å². The third-order valence-corrected chi connectivity index (χ3v) is 2.87. The summed E-state index contributed by atoms with van der Waals surface area (Å²) in [6.07, 6.45) is 0. The molecule has 0 heterocycles. The zero-order valence-electron chi connectivity index (χ0n) is 9.24. The fourth-order valence-electron chi connectivity index (χ4n) is 0.761. The summed E-state index contributed by atoms with van der Waals surface area (Å²) in [5.74, 6) is -1.14. The van der Waals surface area contributed by atoms with Gasteiger partial charge < -0.3 is 16.2 Å². The van der Waals surface area contributed by atoms with E-state index in [9.17, 15) is 9.59 Å². The number of nitrogens with one attached hydrogen (secondary N) is 1. The number of carboxylic acid groups (broad SMARTS) is 1. The van der Waals surface area contributed by atoms with E-state index in [-0.39, 0.29) is 11.3 Å². The number of carbonyl (C=O) groups is 2. The summed E-state index contributed by atoms with van der Waals surface area (Å²) in [5.41, 5.74) is 5.09. The van der Waals surface area contributed by atoms with Crippen LogP contribution in [0, 0.1) is 0 Å². The molecule has 0 radical (unpaired) electrons. The summed E-state index contributed by atoms with van der Waals surface area (Å²) in [6.45, 7) is 5.77. The molecule has 0 rings (SSSR count). The fourth-order valence-corrected chi connectivity index (χ4v) is 1.65. The van der Waals surface area contributed by atoms with Gasteiger partial charge in [0.15, 0.2) is 0 Å². The Labute approximate surface area is 93.8 Å². The molecule has 0 saturated carbocycles. The standard InChI is InChI=1S/C9H18N2O3S/c1-9(2,3)15-5-6(8(13)14)11-7(12)4-10/h6H,4-5,10H2,1-3H3,(H,11,12)(H,13,14)/t6-/m1/s1. The number of hydrogen-bond donors (Lipinski definition) is 3. The van der Waals surface area contributed by atoms with E-state index in [0.29, 0.717) is 5.75 Å². The third-order valence-electron chi connectivity index (χ3n) is 1.50. The normalized spacial score (nSPS) is 13.3. The van der Waals surface area contributed by atoms with Gasteiger partial charge in [0, 0.05) is 10.5 Å². The highest BCUT2D eigenvalue weighted by Crippen LogP contribution is 2.23. The van der Waals surface area contributed by atoms with Crippen molar-refractivity contribution in [3.63, 3.8) is 0 Å². The first kappa shape index (κ1) is 14.2. The average molecular weight is 234 g/mol. The van der Waals surface area contributed by atoms with Crippen molar-refractivity contribution in [2.24, 2.45) is 5.73 Å². The maximum Gasteiger partial charge on any atom is 0.327 e. The maximum atomic E-state index is 10.9. The lowest BCUT2D eigenvalue weighted by atomic mass is 10.3. The molecule has 0 aromatic carbocycles. The van der Waals surface area contributed by atoms with Crippen molar-refractivity contribution in [2.75, 3.05) is 12.3 Å².